The highest BCUT2D eigenvalue weighted by atomic mass is 16.2. The van der Waals surface area contributed by atoms with Crippen LogP contribution in [-0.2, 0) is 13.0 Å². The van der Waals surface area contributed by atoms with Gasteiger partial charge in [0.15, 0.2) is 0 Å². The zero-order valence-corrected chi connectivity index (χ0v) is 17.5. The minimum Gasteiger partial charge on any atom is -0.335 e. The number of aromatic nitrogens is 3. The molecule has 0 bridgehead atoms. The fourth-order valence-corrected chi connectivity index (χ4v) is 4.00. The molecule has 6 nitrogen and oxygen atoms in total. The topological polar surface area (TPSA) is 54.3 Å². The molecule has 3 rings (SSSR count). The smallest absolute Gasteiger partial charge is 0.257 e. The quantitative estimate of drug-likeness (QED) is 0.703. The van der Waals surface area contributed by atoms with E-state index in [9.17, 15) is 4.79 Å². The highest BCUT2D eigenvalue weighted by Crippen LogP contribution is 2.21. The van der Waals surface area contributed by atoms with Crippen LogP contribution in [0.4, 0.5) is 0 Å². The summed E-state index contributed by atoms with van der Waals surface area (Å²) in [6.45, 7) is 11.0. The van der Waals surface area contributed by atoms with Crippen LogP contribution in [0.15, 0.2) is 30.6 Å². The summed E-state index contributed by atoms with van der Waals surface area (Å²) in [4.78, 5) is 22.5. The van der Waals surface area contributed by atoms with Crippen molar-refractivity contribution in [2.24, 2.45) is 0 Å². The highest BCUT2D eigenvalue weighted by molar-refractivity contribution is 5.95. The number of rotatable bonds is 8. The Morgan fingerprint density at radius 3 is 2.68 bits per heavy atom. The fourth-order valence-electron chi connectivity index (χ4n) is 4.00. The summed E-state index contributed by atoms with van der Waals surface area (Å²) >= 11 is 0. The van der Waals surface area contributed by atoms with Crippen LogP contribution in [-0.4, -0.2) is 62.7 Å². The van der Waals surface area contributed by atoms with Gasteiger partial charge in [0, 0.05) is 56.7 Å². The second-order valence-electron chi connectivity index (χ2n) is 7.63. The molecule has 0 atom stereocenters. The molecule has 1 aliphatic rings. The molecule has 0 radical (unpaired) electrons. The van der Waals surface area contributed by atoms with Gasteiger partial charge in [-0.1, -0.05) is 19.9 Å². The van der Waals surface area contributed by atoms with E-state index >= 15 is 0 Å². The lowest BCUT2D eigenvalue weighted by Crippen LogP contribution is -2.48. The molecule has 6 heteroatoms. The number of nitrogens with zero attached hydrogens (tertiary/aromatic N) is 5. The van der Waals surface area contributed by atoms with Gasteiger partial charge in [0.1, 0.15) is 0 Å². The summed E-state index contributed by atoms with van der Waals surface area (Å²) in [5, 5.41) is 4.54. The first-order chi connectivity index (χ1) is 13.6. The molecule has 1 fully saturated rings. The molecule has 0 aliphatic carbocycles. The molecule has 0 aromatic carbocycles. The van der Waals surface area contributed by atoms with Crippen LogP contribution in [0.3, 0.4) is 0 Å². The molecule has 1 amide bonds. The van der Waals surface area contributed by atoms with E-state index in [1.54, 1.807) is 0 Å². The molecular formula is C22H33N5O. The van der Waals surface area contributed by atoms with Crippen molar-refractivity contribution in [1.82, 2.24) is 24.6 Å². The summed E-state index contributed by atoms with van der Waals surface area (Å²) in [6.07, 6.45) is 7.60. The van der Waals surface area contributed by atoms with Gasteiger partial charge < -0.3 is 9.80 Å². The number of amides is 1. The van der Waals surface area contributed by atoms with Crippen LogP contribution in [0.25, 0.3) is 0 Å². The van der Waals surface area contributed by atoms with Crippen molar-refractivity contribution < 1.29 is 4.79 Å². The first kappa shape index (κ1) is 20.5. The number of pyridine rings is 1. The maximum Gasteiger partial charge on any atom is 0.257 e. The van der Waals surface area contributed by atoms with Crippen LogP contribution in [0.2, 0.25) is 0 Å². The van der Waals surface area contributed by atoms with E-state index in [2.05, 4.69) is 33.7 Å². The van der Waals surface area contributed by atoms with Crippen molar-refractivity contribution in [3.8, 4) is 0 Å². The van der Waals surface area contributed by atoms with Crippen molar-refractivity contribution >= 4 is 5.91 Å². The molecule has 2 aromatic rings. The van der Waals surface area contributed by atoms with Crippen LogP contribution < -0.4 is 0 Å². The van der Waals surface area contributed by atoms with Crippen molar-refractivity contribution in [2.45, 2.75) is 59.0 Å². The standard InChI is InChI=1S/C22H33N5O/c1-4-13-26-17-21(18(3)24-26)22(28)27(16-9-19-8-6-7-12-23-19)20-10-14-25(5-2)15-11-20/h6-8,12,17,20H,4-5,9-11,13-16H2,1-3H3. The predicted octanol–water partition coefficient (Wildman–Crippen LogP) is 3.17. The normalized spacial score (nSPS) is 15.7. The van der Waals surface area contributed by atoms with E-state index in [-0.39, 0.29) is 11.9 Å². The Morgan fingerprint density at radius 1 is 1.25 bits per heavy atom. The average Bonchev–Trinajstić information content (AvgIpc) is 3.09. The fraction of sp³-hybridized carbons (Fsp3) is 0.591. The molecule has 3 heterocycles. The maximum absolute atomic E-state index is 13.5. The first-order valence-electron chi connectivity index (χ1n) is 10.6. The van der Waals surface area contributed by atoms with E-state index in [4.69, 9.17) is 0 Å². The number of carbonyl (C=O) groups is 1. The van der Waals surface area contributed by atoms with Gasteiger partial charge in [-0.25, -0.2) is 0 Å². The predicted molar refractivity (Wildman–Crippen MR) is 111 cm³/mol. The Kier molecular flexibility index (Phi) is 7.20. The average molecular weight is 384 g/mol. The van der Waals surface area contributed by atoms with Crippen LogP contribution in [0.5, 0.6) is 0 Å². The molecule has 0 spiro atoms. The zero-order chi connectivity index (χ0) is 19.9. The third-order valence-electron chi connectivity index (χ3n) is 5.67. The highest BCUT2D eigenvalue weighted by Gasteiger charge is 2.29. The van der Waals surface area contributed by atoms with Gasteiger partial charge >= 0.3 is 0 Å². The number of aryl methyl sites for hydroxylation is 2. The van der Waals surface area contributed by atoms with E-state index in [0.29, 0.717) is 6.54 Å². The summed E-state index contributed by atoms with van der Waals surface area (Å²) in [5.41, 5.74) is 2.60. The maximum atomic E-state index is 13.5. The number of likely N-dealkylation sites (tertiary alicyclic amines) is 1. The van der Waals surface area contributed by atoms with Gasteiger partial charge in [-0.3, -0.25) is 14.5 Å². The molecule has 1 aliphatic heterocycles. The Morgan fingerprint density at radius 2 is 2.04 bits per heavy atom. The van der Waals surface area contributed by atoms with Crippen LogP contribution in [0, 0.1) is 6.92 Å². The lowest BCUT2D eigenvalue weighted by molar-refractivity contribution is 0.0578. The van der Waals surface area contributed by atoms with Gasteiger partial charge in [-0.2, -0.15) is 5.10 Å². The molecule has 0 saturated carbocycles. The lowest BCUT2D eigenvalue weighted by atomic mass is 10.0. The van der Waals surface area contributed by atoms with Gasteiger partial charge in [-0.05, 0) is 44.9 Å². The number of hydrogen-bond donors (Lipinski definition) is 0. The van der Waals surface area contributed by atoms with E-state index in [1.165, 1.54) is 0 Å². The number of carbonyl (C=O) groups excluding carboxylic acids is 1. The van der Waals surface area contributed by atoms with Gasteiger partial charge in [0.2, 0.25) is 0 Å². The van der Waals surface area contributed by atoms with Gasteiger partial charge in [-0.15, -0.1) is 0 Å². The number of hydrogen-bond acceptors (Lipinski definition) is 4. The molecular weight excluding hydrogens is 350 g/mol. The summed E-state index contributed by atoms with van der Waals surface area (Å²) < 4.78 is 1.90. The minimum absolute atomic E-state index is 0.116. The van der Waals surface area contributed by atoms with Gasteiger partial charge in [0.05, 0.1) is 11.3 Å². The third-order valence-corrected chi connectivity index (χ3v) is 5.67. The Balaban J connectivity index is 1.77. The third kappa shape index (κ3) is 4.98. The monoisotopic (exact) mass is 383 g/mol. The van der Waals surface area contributed by atoms with E-state index < -0.39 is 0 Å². The van der Waals surface area contributed by atoms with Gasteiger partial charge in [0.25, 0.3) is 5.91 Å². The molecule has 28 heavy (non-hydrogen) atoms. The molecule has 0 N–H and O–H groups in total. The molecule has 2 aromatic heterocycles. The molecule has 1 saturated heterocycles. The molecule has 152 valence electrons. The van der Waals surface area contributed by atoms with Crippen molar-refractivity contribution in [3.63, 3.8) is 0 Å². The Bertz CT molecular complexity index is 750. The van der Waals surface area contributed by atoms with Crippen molar-refractivity contribution in [3.05, 3.63) is 47.5 Å². The van der Waals surface area contributed by atoms with E-state index in [1.807, 2.05) is 42.2 Å². The Labute approximate surface area is 168 Å². The van der Waals surface area contributed by atoms with Crippen molar-refractivity contribution in [1.29, 1.82) is 0 Å². The van der Waals surface area contributed by atoms with E-state index in [0.717, 1.165) is 68.8 Å². The summed E-state index contributed by atoms with van der Waals surface area (Å²) in [6, 6.07) is 6.26. The second-order valence-corrected chi connectivity index (χ2v) is 7.63. The number of piperidine rings is 1. The van der Waals surface area contributed by atoms with Crippen LogP contribution >= 0.6 is 0 Å². The zero-order valence-electron chi connectivity index (χ0n) is 17.5. The summed E-state index contributed by atoms with van der Waals surface area (Å²) in [5.74, 6) is 0.116. The van der Waals surface area contributed by atoms with Crippen molar-refractivity contribution in [2.75, 3.05) is 26.2 Å². The SMILES string of the molecule is CCCn1cc(C(=O)N(CCc2ccccn2)C2CCN(CC)CC2)c(C)n1. The minimum atomic E-state index is 0.116. The first-order valence-corrected chi connectivity index (χ1v) is 10.6. The largest absolute Gasteiger partial charge is 0.335 e. The molecule has 0 unspecified atom stereocenters. The van der Waals surface area contributed by atoms with Crippen LogP contribution in [0.1, 0.15) is 54.9 Å². The lowest BCUT2D eigenvalue weighted by Gasteiger charge is -2.38. The Hall–Kier alpha value is -2.21. The summed E-state index contributed by atoms with van der Waals surface area (Å²) in [7, 11) is 0. The second kappa shape index (κ2) is 9.82.